The van der Waals surface area contributed by atoms with Crippen molar-refractivity contribution in [2.75, 3.05) is 24.6 Å². The third-order valence-corrected chi connectivity index (χ3v) is 3.85. The minimum Gasteiger partial charge on any atom is -0.340 e. The number of carbonyl (C=O) groups is 1. The number of amides is 1. The first-order valence-corrected chi connectivity index (χ1v) is 7.36. The van der Waals surface area contributed by atoms with Crippen LogP contribution < -0.4 is 5.73 Å². The summed E-state index contributed by atoms with van der Waals surface area (Å²) in [6.45, 7) is 6.08. The molecule has 0 saturated carbocycles. The predicted molar refractivity (Wildman–Crippen MR) is 70.6 cm³/mol. The number of piperidine rings is 1. The number of hydrogen-bond acceptors (Lipinski definition) is 3. The van der Waals surface area contributed by atoms with Crippen molar-refractivity contribution in [3.8, 4) is 0 Å². The van der Waals surface area contributed by atoms with Crippen LogP contribution in [-0.4, -0.2) is 41.4 Å². The Morgan fingerprint density at radius 2 is 2.31 bits per heavy atom. The lowest BCUT2D eigenvalue weighted by atomic mass is 10.1. The molecule has 4 heteroatoms. The fourth-order valence-electron chi connectivity index (χ4n) is 1.81. The summed E-state index contributed by atoms with van der Waals surface area (Å²) in [7, 11) is 0. The Kier molecular flexibility index (Phi) is 6.21. The number of nitrogens with zero attached hydrogens (tertiary/aromatic N) is 1. The Morgan fingerprint density at radius 3 is 2.94 bits per heavy atom. The Bertz CT molecular complexity index is 221. The van der Waals surface area contributed by atoms with Gasteiger partial charge in [-0.15, -0.1) is 0 Å². The molecule has 1 unspecified atom stereocenters. The molecule has 16 heavy (non-hydrogen) atoms. The highest BCUT2D eigenvalue weighted by atomic mass is 32.2. The molecular weight excluding hydrogens is 220 g/mol. The fraction of sp³-hybridized carbons (Fsp3) is 0.917. The molecule has 1 saturated heterocycles. The SMILES string of the molecule is CC(C)CCSCC(=O)N1CCCC(N)C1. The molecule has 0 radical (unpaired) electrons. The zero-order valence-electron chi connectivity index (χ0n) is 10.4. The molecule has 0 bridgehead atoms. The molecule has 1 atom stereocenters. The summed E-state index contributed by atoms with van der Waals surface area (Å²) in [5.74, 6) is 2.71. The van der Waals surface area contributed by atoms with E-state index >= 15 is 0 Å². The van der Waals surface area contributed by atoms with E-state index in [4.69, 9.17) is 5.73 Å². The smallest absolute Gasteiger partial charge is 0.232 e. The van der Waals surface area contributed by atoms with Crippen molar-refractivity contribution in [1.29, 1.82) is 0 Å². The normalized spacial score (nSPS) is 21.5. The number of rotatable bonds is 5. The van der Waals surface area contributed by atoms with Crippen molar-refractivity contribution in [3.63, 3.8) is 0 Å². The lowest BCUT2D eigenvalue weighted by Crippen LogP contribution is -2.46. The van der Waals surface area contributed by atoms with Crippen molar-refractivity contribution in [3.05, 3.63) is 0 Å². The molecule has 0 aromatic rings. The van der Waals surface area contributed by atoms with Crippen LogP contribution in [0.3, 0.4) is 0 Å². The summed E-state index contributed by atoms with van der Waals surface area (Å²) in [5.41, 5.74) is 5.86. The second-order valence-electron chi connectivity index (χ2n) is 4.98. The van der Waals surface area contributed by atoms with E-state index in [2.05, 4.69) is 13.8 Å². The Balaban J connectivity index is 2.14. The number of carbonyl (C=O) groups excluding carboxylic acids is 1. The summed E-state index contributed by atoms with van der Waals surface area (Å²) >= 11 is 1.75. The van der Waals surface area contributed by atoms with E-state index in [1.165, 1.54) is 6.42 Å². The summed E-state index contributed by atoms with van der Waals surface area (Å²) in [6.07, 6.45) is 3.31. The molecule has 0 aliphatic carbocycles. The molecule has 2 N–H and O–H groups in total. The lowest BCUT2D eigenvalue weighted by Gasteiger charge is -2.30. The van der Waals surface area contributed by atoms with Gasteiger partial charge in [0.2, 0.25) is 5.91 Å². The van der Waals surface area contributed by atoms with Gasteiger partial charge in [0, 0.05) is 19.1 Å². The Morgan fingerprint density at radius 1 is 1.56 bits per heavy atom. The van der Waals surface area contributed by atoms with E-state index in [9.17, 15) is 4.79 Å². The average Bonchev–Trinajstić information content (AvgIpc) is 2.24. The molecule has 94 valence electrons. The van der Waals surface area contributed by atoms with Crippen molar-refractivity contribution >= 4 is 17.7 Å². The van der Waals surface area contributed by atoms with Crippen LogP contribution >= 0.6 is 11.8 Å². The van der Waals surface area contributed by atoms with E-state index in [1.54, 1.807) is 11.8 Å². The van der Waals surface area contributed by atoms with Crippen LogP contribution in [0.2, 0.25) is 0 Å². The minimum atomic E-state index is 0.193. The van der Waals surface area contributed by atoms with Crippen LogP contribution in [0.4, 0.5) is 0 Å². The van der Waals surface area contributed by atoms with Crippen molar-refractivity contribution in [2.45, 2.75) is 39.2 Å². The molecule has 1 aliphatic rings. The highest BCUT2D eigenvalue weighted by Gasteiger charge is 2.20. The minimum absolute atomic E-state index is 0.193. The largest absolute Gasteiger partial charge is 0.340 e. The molecule has 1 heterocycles. The van der Waals surface area contributed by atoms with Gasteiger partial charge in [-0.2, -0.15) is 11.8 Å². The molecule has 1 amide bonds. The summed E-state index contributed by atoms with van der Waals surface area (Å²) in [6, 6.07) is 0.193. The van der Waals surface area contributed by atoms with E-state index in [-0.39, 0.29) is 11.9 Å². The molecular formula is C12H24N2OS. The summed E-state index contributed by atoms with van der Waals surface area (Å²) in [4.78, 5) is 13.8. The first-order chi connectivity index (χ1) is 7.59. The van der Waals surface area contributed by atoms with Crippen molar-refractivity contribution in [1.82, 2.24) is 4.90 Å². The van der Waals surface area contributed by atoms with Gasteiger partial charge in [-0.25, -0.2) is 0 Å². The summed E-state index contributed by atoms with van der Waals surface area (Å²) < 4.78 is 0. The van der Waals surface area contributed by atoms with E-state index < -0.39 is 0 Å². The topological polar surface area (TPSA) is 46.3 Å². The second-order valence-corrected chi connectivity index (χ2v) is 6.08. The Hall–Kier alpha value is -0.220. The highest BCUT2D eigenvalue weighted by molar-refractivity contribution is 7.99. The van der Waals surface area contributed by atoms with Crippen LogP contribution in [-0.2, 0) is 4.79 Å². The maximum absolute atomic E-state index is 11.8. The van der Waals surface area contributed by atoms with Gasteiger partial charge in [0.15, 0.2) is 0 Å². The number of thioether (sulfide) groups is 1. The quantitative estimate of drug-likeness (QED) is 0.749. The van der Waals surface area contributed by atoms with Gasteiger partial charge in [-0.05, 0) is 30.9 Å². The zero-order valence-corrected chi connectivity index (χ0v) is 11.3. The van der Waals surface area contributed by atoms with Gasteiger partial charge in [-0.3, -0.25) is 4.79 Å². The van der Waals surface area contributed by atoms with Gasteiger partial charge < -0.3 is 10.6 Å². The maximum atomic E-state index is 11.8. The number of nitrogens with two attached hydrogens (primary N) is 1. The van der Waals surface area contributed by atoms with Crippen molar-refractivity contribution in [2.24, 2.45) is 11.7 Å². The summed E-state index contributed by atoms with van der Waals surface area (Å²) in [5, 5.41) is 0. The number of hydrogen-bond donors (Lipinski definition) is 1. The van der Waals surface area contributed by atoms with E-state index in [0.717, 1.165) is 37.6 Å². The molecule has 3 nitrogen and oxygen atoms in total. The second kappa shape index (κ2) is 7.17. The van der Waals surface area contributed by atoms with Gasteiger partial charge in [-0.1, -0.05) is 13.8 Å². The molecule has 0 aromatic heterocycles. The van der Waals surface area contributed by atoms with Crippen LogP contribution in [0.25, 0.3) is 0 Å². The van der Waals surface area contributed by atoms with Gasteiger partial charge in [0.05, 0.1) is 5.75 Å². The molecule has 0 spiro atoms. The third kappa shape index (κ3) is 5.21. The van der Waals surface area contributed by atoms with Gasteiger partial charge >= 0.3 is 0 Å². The van der Waals surface area contributed by atoms with Gasteiger partial charge in [0.1, 0.15) is 0 Å². The van der Waals surface area contributed by atoms with Crippen LogP contribution in [0.5, 0.6) is 0 Å². The average molecular weight is 244 g/mol. The molecule has 1 rings (SSSR count). The maximum Gasteiger partial charge on any atom is 0.232 e. The highest BCUT2D eigenvalue weighted by Crippen LogP contribution is 2.13. The van der Waals surface area contributed by atoms with Crippen molar-refractivity contribution < 1.29 is 4.79 Å². The van der Waals surface area contributed by atoms with Crippen LogP contribution in [0.1, 0.15) is 33.1 Å². The van der Waals surface area contributed by atoms with E-state index in [1.807, 2.05) is 4.90 Å². The molecule has 0 aromatic carbocycles. The van der Waals surface area contributed by atoms with Gasteiger partial charge in [0.25, 0.3) is 0 Å². The van der Waals surface area contributed by atoms with E-state index in [0.29, 0.717) is 5.75 Å². The van der Waals surface area contributed by atoms with Crippen LogP contribution in [0.15, 0.2) is 0 Å². The first kappa shape index (κ1) is 13.8. The monoisotopic (exact) mass is 244 g/mol. The lowest BCUT2D eigenvalue weighted by molar-refractivity contribution is -0.129. The van der Waals surface area contributed by atoms with Crippen LogP contribution in [0, 0.1) is 5.92 Å². The standard InChI is InChI=1S/C12H24N2OS/c1-10(2)5-7-16-9-12(15)14-6-3-4-11(13)8-14/h10-11H,3-9,13H2,1-2H3. The first-order valence-electron chi connectivity index (χ1n) is 6.20. The Labute approximate surface area is 103 Å². The predicted octanol–water partition coefficient (Wildman–Crippen LogP) is 1.72. The molecule has 1 aliphatic heterocycles. The number of likely N-dealkylation sites (tertiary alicyclic amines) is 1. The fourth-order valence-corrected chi connectivity index (χ4v) is 2.95. The molecule has 1 fully saturated rings. The third-order valence-electron chi connectivity index (χ3n) is 2.88. The zero-order chi connectivity index (χ0) is 12.0.